The van der Waals surface area contributed by atoms with Gasteiger partial charge >= 0.3 is 16.3 Å². The van der Waals surface area contributed by atoms with Gasteiger partial charge in [-0.1, -0.05) is 24.3 Å². The van der Waals surface area contributed by atoms with Crippen LogP contribution in [0.5, 0.6) is 0 Å². The van der Waals surface area contributed by atoms with Crippen LogP contribution >= 0.6 is 0 Å². The minimum Gasteiger partial charge on any atom is -0.460 e. The van der Waals surface area contributed by atoms with Crippen molar-refractivity contribution in [3.8, 4) is 0 Å². The number of rotatable bonds is 5. The number of ketones is 1. The number of hydrogen-bond donors (Lipinski definition) is 1. The van der Waals surface area contributed by atoms with E-state index in [2.05, 4.69) is 4.18 Å². The summed E-state index contributed by atoms with van der Waals surface area (Å²) in [4.78, 5) is 28.9. The first kappa shape index (κ1) is 18.5. The Hall–Kier alpha value is -3.56. The average molecular weight is 442 g/mol. The summed E-state index contributed by atoms with van der Waals surface area (Å²) in [6.45, 7) is 1.46. The molecule has 30 heavy (non-hydrogen) atoms. The first-order valence-electron chi connectivity index (χ1n) is 9.40. The molecule has 0 aliphatic carbocycles. The van der Waals surface area contributed by atoms with Gasteiger partial charge in [-0.25, -0.2) is 8.78 Å². The zero-order chi connectivity index (χ0) is 25.2. The summed E-state index contributed by atoms with van der Waals surface area (Å²) in [6, 6.07) is 6.86. The summed E-state index contributed by atoms with van der Waals surface area (Å²) in [5.41, 5.74) is 1.83. The maximum Gasteiger partial charge on any atom is 0.373 e. The second-order valence-electron chi connectivity index (χ2n) is 5.65. The highest BCUT2D eigenvalue weighted by Gasteiger charge is 2.39. The maximum absolute atomic E-state index is 13.9. The summed E-state index contributed by atoms with van der Waals surface area (Å²) in [5.74, 6) is -4.81. The topological polar surface area (TPSA) is 130 Å². The van der Waals surface area contributed by atoms with Gasteiger partial charge in [0.05, 0.1) is 4.11 Å². The molecule has 0 aromatic heterocycles. The van der Waals surface area contributed by atoms with Crippen LogP contribution in [-0.2, 0) is 39.1 Å². The van der Waals surface area contributed by atoms with Crippen molar-refractivity contribution in [2.75, 3.05) is 0 Å². The average Bonchev–Trinajstić information content (AvgIpc) is 2.94. The van der Waals surface area contributed by atoms with E-state index < -0.39 is 56.5 Å². The van der Waals surface area contributed by atoms with E-state index in [1.807, 2.05) is 0 Å². The predicted octanol–water partition coefficient (Wildman–Crippen LogP) is 2.00. The van der Waals surface area contributed by atoms with Crippen molar-refractivity contribution in [2.45, 2.75) is 18.7 Å². The molecule has 1 atom stereocenters. The number of hydrogen-bond acceptors (Lipinski definition) is 8. The molecule has 3 rings (SSSR count). The Kier molecular flexibility index (Phi) is 5.72. The minimum absolute atomic E-state index is 0.236. The van der Waals surface area contributed by atoms with Crippen LogP contribution in [0.2, 0.25) is 0 Å². The predicted molar refractivity (Wildman–Crippen MR) is 96.3 cm³/mol. The molecule has 0 saturated heterocycles. The Bertz CT molecular complexity index is 1260. The second kappa shape index (κ2) is 9.29. The van der Waals surface area contributed by atoms with Crippen LogP contribution in [0, 0.1) is 18.6 Å². The number of Topliss-reactive ketones (excluding diaryl/α,β-unsaturated/α-hetero) is 1. The number of aryl methyl sites for hydroxylation is 1. The molecule has 8 nitrogen and oxygen atoms in total. The molecule has 0 saturated carbocycles. The Morgan fingerprint density at radius 2 is 1.83 bits per heavy atom. The molecule has 1 aliphatic rings. The van der Waals surface area contributed by atoms with E-state index in [0.29, 0.717) is 0 Å². The molecular weight excluding hydrogens is 424 g/mol. The Morgan fingerprint density at radius 1 is 1.23 bits per heavy atom. The Labute approximate surface area is 174 Å². The lowest BCUT2D eigenvalue weighted by Gasteiger charge is -2.10. The van der Waals surface area contributed by atoms with E-state index in [-0.39, 0.29) is 17.3 Å². The van der Waals surface area contributed by atoms with Crippen molar-refractivity contribution in [2.24, 2.45) is 5.73 Å². The van der Waals surface area contributed by atoms with Crippen LogP contribution in [-0.4, -0.2) is 20.4 Å². The third kappa shape index (κ3) is 5.49. The van der Waals surface area contributed by atoms with Crippen molar-refractivity contribution in [3.63, 3.8) is 0 Å². The van der Waals surface area contributed by atoms with Gasteiger partial charge in [0, 0.05) is 5.56 Å². The van der Waals surface area contributed by atoms with E-state index in [1.165, 1.54) is 19.1 Å². The lowest BCUT2D eigenvalue weighted by Crippen LogP contribution is -2.16. The van der Waals surface area contributed by atoms with Gasteiger partial charge in [0.1, 0.15) is 17.3 Å². The van der Waals surface area contributed by atoms with Gasteiger partial charge in [-0.05, 0) is 36.2 Å². The number of halogens is 2. The molecule has 0 amide bonds. The molecule has 11 heteroatoms. The third-order valence-corrected chi connectivity index (χ3v) is 4.43. The van der Waals surface area contributed by atoms with Crippen LogP contribution in [0.4, 0.5) is 8.78 Å². The zero-order valence-corrected chi connectivity index (χ0v) is 16.0. The minimum atomic E-state index is -5.21. The van der Waals surface area contributed by atoms with Crippen LogP contribution < -0.4 is 5.73 Å². The molecule has 2 aromatic rings. The standard InChI is InChI=1S/C18H15F2NO5S.CO2/c1-10-2-5-12(8-14(10)20)16-15(22)17(18(21)25-16)26-27(23,24)9-11-3-6-13(19)7-4-11;2-1-3/h2-8,16H,9,21H2,1H3;/t16-;/m1./s1/i9D2,16D;. The molecule has 0 spiro atoms. The molecule has 1 aliphatic heterocycles. The van der Waals surface area contributed by atoms with Gasteiger partial charge < -0.3 is 14.7 Å². The first-order valence-corrected chi connectivity index (χ1v) is 9.31. The van der Waals surface area contributed by atoms with E-state index in [4.69, 9.17) is 24.2 Å². The van der Waals surface area contributed by atoms with E-state index in [0.717, 1.165) is 30.3 Å². The van der Waals surface area contributed by atoms with Gasteiger partial charge in [0.2, 0.25) is 17.4 Å². The van der Waals surface area contributed by atoms with Gasteiger partial charge in [-0.3, -0.25) is 4.79 Å². The second-order valence-corrected chi connectivity index (χ2v) is 6.93. The van der Waals surface area contributed by atoms with Crippen molar-refractivity contribution in [3.05, 3.63) is 82.4 Å². The number of benzene rings is 2. The molecule has 158 valence electrons. The molecule has 0 radical (unpaired) electrons. The number of ether oxygens (including phenoxy) is 1. The molecule has 0 fully saturated rings. The molecule has 0 unspecified atom stereocenters. The monoisotopic (exact) mass is 442 g/mol. The summed E-state index contributed by atoms with van der Waals surface area (Å²) >= 11 is 0. The highest BCUT2D eigenvalue weighted by Crippen LogP contribution is 2.33. The molecule has 0 bridgehead atoms. The number of nitrogens with two attached hydrogens (primary N) is 1. The summed E-state index contributed by atoms with van der Waals surface area (Å²) < 4.78 is 85.5. The van der Waals surface area contributed by atoms with Gasteiger partial charge in [-0.15, -0.1) is 0 Å². The van der Waals surface area contributed by atoms with Crippen LogP contribution in [0.3, 0.4) is 0 Å². The number of carbonyl (C=O) groups is 1. The van der Waals surface area contributed by atoms with Crippen molar-refractivity contribution >= 4 is 22.1 Å². The van der Waals surface area contributed by atoms with E-state index in [9.17, 15) is 22.0 Å². The zero-order valence-electron chi connectivity index (χ0n) is 18.1. The van der Waals surface area contributed by atoms with Crippen LogP contribution in [0.15, 0.2) is 54.1 Å². The molecule has 2 N–H and O–H groups in total. The fourth-order valence-electron chi connectivity index (χ4n) is 2.21. The van der Waals surface area contributed by atoms with Gasteiger partial charge in [0.25, 0.3) is 0 Å². The lowest BCUT2D eigenvalue weighted by atomic mass is 10.0. The van der Waals surface area contributed by atoms with E-state index >= 15 is 0 Å². The van der Waals surface area contributed by atoms with Crippen molar-refractivity contribution < 1.29 is 44.6 Å². The number of carbonyl (C=O) groups excluding carboxylic acids is 3. The molecular formula is C19H15F2NO7S. The largest absolute Gasteiger partial charge is 0.460 e. The molecule has 1 heterocycles. The van der Waals surface area contributed by atoms with E-state index in [1.54, 1.807) is 0 Å². The summed E-state index contributed by atoms with van der Waals surface area (Å²) in [6.07, 6.45) is -2.37. The fourth-order valence-corrected chi connectivity index (χ4v) is 3.06. The lowest BCUT2D eigenvalue weighted by molar-refractivity contribution is -0.191. The van der Waals surface area contributed by atoms with Crippen LogP contribution in [0.1, 0.15) is 26.9 Å². The third-order valence-electron chi connectivity index (χ3n) is 3.56. The van der Waals surface area contributed by atoms with Gasteiger partial charge in [-0.2, -0.15) is 18.0 Å². The van der Waals surface area contributed by atoms with Crippen LogP contribution in [0.25, 0.3) is 0 Å². The Morgan fingerprint density at radius 3 is 2.40 bits per heavy atom. The van der Waals surface area contributed by atoms with Crippen molar-refractivity contribution in [1.82, 2.24) is 0 Å². The SMILES string of the molecule is O=C=O.[2H]C([2H])(c1ccc(F)cc1)S(=O)(=O)OC1=C(N)O[C@]([2H])(c2ccc(C)c(F)c2)C1=O. The molecule has 2 aromatic carbocycles. The quantitative estimate of drug-likeness (QED) is 0.696. The summed E-state index contributed by atoms with van der Waals surface area (Å²) in [7, 11) is -5.21. The van der Waals surface area contributed by atoms with Gasteiger partial charge in [0.15, 0.2) is 6.08 Å². The maximum atomic E-state index is 13.9. The first-order chi connectivity index (χ1) is 15.2. The highest BCUT2D eigenvalue weighted by molar-refractivity contribution is 7.86. The highest BCUT2D eigenvalue weighted by atomic mass is 32.2. The normalized spacial score (nSPS) is 20.1. The van der Waals surface area contributed by atoms with Crippen molar-refractivity contribution in [1.29, 1.82) is 0 Å². The Balaban J connectivity index is 0.00000122. The fraction of sp³-hybridized carbons (Fsp3) is 0.158. The summed E-state index contributed by atoms with van der Waals surface area (Å²) in [5, 5.41) is 0. The smallest absolute Gasteiger partial charge is 0.373 e.